The highest BCUT2D eigenvalue weighted by Crippen LogP contribution is 2.23. The van der Waals surface area contributed by atoms with Gasteiger partial charge in [0.1, 0.15) is 0 Å². The van der Waals surface area contributed by atoms with Crippen LogP contribution in [0.5, 0.6) is 0 Å². The van der Waals surface area contributed by atoms with E-state index >= 15 is 0 Å². The Morgan fingerprint density at radius 2 is 1.92 bits per heavy atom. The number of carbonyl (C=O) groups excluding carboxylic acids is 3. The third kappa shape index (κ3) is 2.86. The fourth-order valence-corrected chi connectivity index (χ4v) is 3.25. The van der Waals surface area contributed by atoms with Crippen molar-refractivity contribution in [2.75, 3.05) is 18.4 Å². The number of carbonyl (C=O) groups is 3. The summed E-state index contributed by atoms with van der Waals surface area (Å²) in [5.41, 5.74) is 0.759. The van der Waals surface area contributed by atoms with E-state index in [0.717, 1.165) is 31.8 Å². The van der Waals surface area contributed by atoms with Gasteiger partial charge < -0.3 is 5.32 Å². The summed E-state index contributed by atoms with van der Waals surface area (Å²) in [4.78, 5) is 40.3. The van der Waals surface area contributed by atoms with Crippen molar-refractivity contribution in [3.05, 3.63) is 40.7 Å². The highest BCUT2D eigenvalue weighted by molar-refractivity contribution is 6.22. The molecule has 3 heterocycles. The Bertz CT molecular complexity index is 913. The van der Waals surface area contributed by atoms with E-state index < -0.39 is 17.7 Å². The van der Waals surface area contributed by atoms with Crippen LogP contribution in [0.2, 0.25) is 0 Å². The highest BCUT2D eigenvalue weighted by atomic mass is 16.2. The zero-order chi connectivity index (χ0) is 18.3. The number of imide groups is 1. The number of rotatable bonds is 3. The fraction of sp³-hybridized carbons (Fsp3) is 0.353. The Kier molecular flexibility index (Phi) is 4.00. The lowest BCUT2D eigenvalue weighted by molar-refractivity contribution is 0.0879. The zero-order valence-corrected chi connectivity index (χ0v) is 14.2. The summed E-state index contributed by atoms with van der Waals surface area (Å²) in [7, 11) is 1.72. The molecule has 1 aromatic carbocycles. The molecule has 1 saturated heterocycles. The van der Waals surface area contributed by atoms with Gasteiger partial charge >= 0.3 is 0 Å². The standard InChI is InChI=1S/C17H18N6O3/c1-23-17(19-13(22-23)9-4-6-18-7-5-9)21-14(24)10-2-3-11-12(8-10)16(26)20-15(11)25/h2-3,8-9,18H,4-7H2,1H3,(H,20,25,26)(H,19,21,22,24). The van der Waals surface area contributed by atoms with E-state index in [1.54, 1.807) is 11.7 Å². The van der Waals surface area contributed by atoms with Crippen LogP contribution < -0.4 is 16.0 Å². The van der Waals surface area contributed by atoms with Gasteiger partial charge in [0.15, 0.2) is 5.82 Å². The average Bonchev–Trinajstić information content (AvgIpc) is 3.15. The molecule has 0 radical (unpaired) electrons. The van der Waals surface area contributed by atoms with Gasteiger partial charge in [-0.3, -0.25) is 25.0 Å². The molecule has 0 aliphatic carbocycles. The third-order valence-corrected chi connectivity index (χ3v) is 4.71. The topological polar surface area (TPSA) is 118 Å². The smallest absolute Gasteiger partial charge is 0.258 e. The molecule has 2 aliphatic heterocycles. The number of piperidine rings is 1. The lowest BCUT2D eigenvalue weighted by Crippen LogP contribution is -2.27. The number of nitrogens with zero attached hydrogens (tertiary/aromatic N) is 3. The first-order valence-electron chi connectivity index (χ1n) is 8.45. The lowest BCUT2D eigenvalue weighted by Gasteiger charge is -2.19. The zero-order valence-electron chi connectivity index (χ0n) is 14.2. The van der Waals surface area contributed by atoms with Crippen LogP contribution in [0.3, 0.4) is 0 Å². The summed E-state index contributed by atoms with van der Waals surface area (Å²) in [6.07, 6.45) is 1.93. The largest absolute Gasteiger partial charge is 0.317 e. The van der Waals surface area contributed by atoms with Crippen molar-refractivity contribution in [2.24, 2.45) is 7.05 Å². The quantitative estimate of drug-likeness (QED) is 0.688. The van der Waals surface area contributed by atoms with E-state index in [2.05, 4.69) is 26.0 Å². The van der Waals surface area contributed by atoms with Gasteiger partial charge in [-0.2, -0.15) is 10.1 Å². The van der Waals surface area contributed by atoms with Gasteiger partial charge in [-0.05, 0) is 44.1 Å². The highest BCUT2D eigenvalue weighted by Gasteiger charge is 2.28. The number of hydrogen-bond donors (Lipinski definition) is 3. The van der Waals surface area contributed by atoms with Gasteiger partial charge in [0.2, 0.25) is 5.95 Å². The molecule has 2 aromatic rings. The molecule has 9 nitrogen and oxygen atoms in total. The van der Waals surface area contributed by atoms with Gasteiger partial charge in [0.05, 0.1) is 11.1 Å². The molecule has 3 N–H and O–H groups in total. The minimum absolute atomic E-state index is 0.205. The van der Waals surface area contributed by atoms with E-state index in [0.29, 0.717) is 5.95 Å². The van der Waals surface area contributed by atoms with Gasteiger partial charge in [0, 0.05) is 18.5 Å². The van der Waals surface area contributed by atoms with Crippen molar-refractivity contribution < 1.29 is 14.4 Å². The third-order valence-electron chi connectivity index (χ3n) is 4.71. The molecule has 0 spiro atoms. The molecule has 9 heteroatoms. The summed E-state index contributed by atoms with van der Waals surface area (Å²) in [6.45, 7) is 1.86. The molecule has 1 aromatic heterocycles. The Balaban J connectivity index is 1.54. The number of amides is 3. The maximum absolute atomic E-state index is 12.5. The number of aryl methyl sites for hydroxylation is 1. The maximum atomic E-state index is 12.5. The van der Waals surface area contributed by atoms with Crippen LogP contribution in [-0.2, 0) is 7.05 Å². The maximum Gasteiger partial charge on any atom is 0.258 e. The van der Waals surface area contributed by atoms with Crippen LogP contribution in [0, 0.1) is 0 Å². The first-order chi connectivity index (χ1) is 12.5. The van der Waals surface area contributed by atoms with Crippen LogP contribution in [0.4, 0.5) is 5.95 Å². The Morgan fingerprint density at radius 1 is 1.19 bits per heavy atom. The summed E-state index contributed by atoms with van der Waals surface area (Å²) < 4.78 is 1.54. The second-order valence-corrected chi connectivity index (χ2v) is 6.44. The number of fused-ring (bicyclic) bond motifs is 1. The molecule has 0 saturated carbocycles. The number of nitrogens with one attached hydrogen (secondary N) is 3. The second-order valence-electron chi connectivity index (χ2n) is 6.44. The molecule has 26 heavy (non-hydrogen) atoms. The van der Waals surface area contributed by atoms with Crippen molar-refractivity contribution in [3.8, 4) is 0 Å². The summed E-state index contributed by atoms with van der Waals surface area (Å²) in [6, 6.07) is 4.40. The first kappa shape index (κ1) is 16.4. The molecule has 0 unspecified atom stereocenters. The molecule has 0 atom stereocenters. The molecule has 2 aliphatic rings. The number of benzene rings is 1. The molecule has 0 bridgehead atoms. The van der Waals surface area contributed by atoms with Crippen molar-refractivity contribution in [3.63, 3.8) is 0 Å². The van der Waals surface area contributed by atoms with Crippen molar-refractivity contribution >= 4 is 23.7 Å². The van der Waals surface area contributed by atoms with Gasteiger partial charge in [-0.1, -0.05) is 0 Å². The van der Waals surface area contributed by atoms with Gasteiger partial charge in [0.25, 0.3) is 17.7 Å². The predicted molar refractivity (Wildman–Crippen MR) is 92.0 cm³/mol. The normalized spacial score (nSPS) is 17.1. The summed E-state index contributed by atoms with van der Waals surface area (Å²) in [5, 5.41) is 12.6. The Labute approximate surface area is 149 Å². The predicted octanol–water partition coefficient (Wildman–Crippen LogP) is 0.418. The SMILES string of the molecule is Cn1nc(C2CCNCC2)nc1NC(=O)c1ccc2c(c1)C(=O)NC2=O. The van der Waals surface area contributed by atoms with Crippen molar-refractivity contribution in [1.82, 2.24) is 25.4 Å². The average molecular weight is 354 g/mol. The minimum Gasteiger partial charge on any atom is -0.317 e. The van der Waals surface area contributed by atoms with Crippen LogP contribution in [-0.4, -0.2) is 45.6 Å². The summed E-state index contributed by atoms with van der Waals surface area (Å²) >= 11 is 0. The second kappa shape index (κ2) is 6.34. The molecular weight excluding hydrogens is 336 g/mol. The Morgan fingerprint density at radius 3 is 2.69 bits per heavy atom. The summed E-state index contributed by atoms with van der Waals surface area (Å²) in [5.74, 6) is 0.00581. The fourth-order valence-electron chi connectivity index (χ4n) is 3.25. The van der Waals surface area contributed by atoms with Crippen LogP contribution in [0.15, 0.2) is 18.2 Å². The molecular formula is C17H18N6O3. The van der Waals surface area contributed by atoms with E-state index in [1.165, 1.54) is 18.2 Å². The first-order valence-corrected chi connectivity index (χ1v) is 8.45. The lowest BCUT2D eigenvalue weighted by atomic mass is 9.98. The van der Waals surface area contributed by atoms with Gasteiger partial charge in [-0.15, -0.1) is 0 Å². The van der Waals surface area contributed by atoms with Crippen LogP contribution in [0.1, 0.15) is 55.7 Å². The van der Waals surface area contributed by atoms with E-state index in [9.17, 15) is 14.4 Å². The minimum atomic E-state index is -0.494. The number of aromatic nitrogens is 3. The van der Waals surface area contributed by atoms with Gasteiger partial charge in [-0.25, -0.2) is 4.68 Å². The number of anilines is 1. The monoisotopic (exact) mass is 354 g/mol. The van der Waals surface area contributed by atoms with Crippen LogP contribution >= 0.6 is 0 Å². The van der Waals surface area contributed by atoms with E-state index in [-0.39, 0.29) is 22.6 Å². The van der Waals surface area contributed by atoms with Crippen molar-refractivity contribution in [2.45, 2.75) is 18.8 Å². The Hall–Kier alpha value is -3.07. The number of hydrogen-bond acceptors (Lipinski definition) is 6. The molecule has 1 fully saturated rings. The van der Waals surface area contributed by atoms with E-state index in [1.807, 2.05) is 0 Å². The molecule has 4 rings (SSSR count). The molecule has 134 valence electrons. The van der Waals surface area contributed by atoms with Crippen molar-refractivity contribution in [1.29, 1.82) is 0 Å². The van der Waals surface area contributed by atoms with E-state index in [4.69, 9.17) is 0 Å². The molecule has 3 amide bonds. The van der Waals surface area contributed by atoms with Crippen LogP contribution in [0.25, 0.3) is 0 Å².